The first-order valence-corrected chi connectivity index (χ1v) is 11.6. The van der Waals surface area contributed by atoms with E-state index in [4.69, 9.17) is 0 Å². The zero-order valence-corrected chi connectivity index (χ0v) is 18.4. The normalized spacial score (nSPS) is 12.5. The van der Waals surface area contributed by atoms with Crippen LogP contribution in [-0.4, -0.2) is 25.4 Å². The van der Waals surface area contributed by atoms with Gasteiger partial charge in [-0.05, 0) is 36.8 Å². The molecule has 0 aliphatic rings. The third-order valence-electron chi connectivity index (χ3n) is 3.93. The number of thiazole rings is 1. The number of nitrogens with one attached hydrogen (secondary N) is 2. The number of hydrogen-bond donors (Lipinski definition) is 2. The number of halogens is 2. The fourth-order valence-corrected chi connectivity index (χ4v) is 4.87. The SMILES string of the molecule is C[C@H](NS(=O)(=O)c1ccccc1F)C(=O)Nc1ncc(Cc2ccc(Br)cc2)s1. The van der Waals surface area contributed by atoms with Crippen LogP contribution in [0.25, 0.3) is 0 Å². The zero-order valence-electron chi connectivity index (χ0n) is 15.2. The monoisotopic (exact) mass is 497 g/mol. The average molecular weight is 498 g/mol. The molecule has 0 aliphatic carbocycles. The Morgan fingerprint density at radius 2 is 1.90 bits per heavy atom. The predicted molar refractivity (Wildman–Crippen MR) is 114 cm³/mol. The van der Waals surface area contributed by atoms with Crippen molar-refractivity contribution in [2.45, 2.75) is 24.3 Å². The number of anilines is 1. The van der Waals surface area contributed by atoms with Crippen molar-refractivity contribution in [1.82, 2.24) is 9.71 Å². The molecule has 0 saturated carbocycles. The van der Waals surface area contributed by atoms with Crippen LogP contribution in [0, 0.1) is 5.82 Å². The number of rotatable bonds is 7. The van der Waals surface area contributed by atoms with Gasteiger partial charge >= 0.3 is 0 Å². The molecule has 6 nitrogen and oxygen atoms in total. The van der Waals surface area contributed by atoms with Gasteiger partial charge in [-0.25, -0.2) is 17.8 Å². The van der Waals surface area contributed by atoms with Crippen LogP contribution >= 0.6 is 27.3 Å². The molecule has 0 unspecified atom stereocenters. The van der Waals surface area contributed by atoms with Gasteiger partial charge in [0.15, 0.2) is 5.13 Å². The van der Waals surface area contributed by atoms with Crippen LogP contribution < -0.4 is 10.0 Å². The summed E-state index contributed by atoms with van der Waals surface area (Å²) < 4.78 is 41.5. The fraction of sp³-hybridized carbons (Fsp3) is 0.158. The Balaban J connectivity index is 1.62. The molecule has 0 aliphatic heterocycles. The molecule has 2 N–H and O–H groups in total. The highest BCUT2D eigenvalue weighted by atomic mass is 79.9. The summed E-state index contributed by atoms with van der Waals surface area (Å²) in [6.07, 6.45) is 2.33. The van der Waals surface area contributed by atoms with E-state index >= 15 is 0 Å². The Bertz CT molecular complexity index is 1120. The number of amides is 1. The third kappa shape index (κ3) is 5.69. The van der Waals surface area contributed by atoms with Gasteiger partial charge in [0.25, 0.3) is 0 Å². The van der Waals surface area contributed by atoms with Gasteiger partial charge < -0.3 is 5.32 Å². The van der Waals surface area contributed by atoms with E-state index in [-0.39, 0.29) is 0 Å². The van der Waals surface area contributed by atoms with Crippen LogP contribution in [0.15, 0.2) is 64.1 Å². The molecule has 0 radical (unpaired) electrons. The van der Waals surface area contributed by atoms with E-state index in [0.29, 0.717) is 11.6 Å². The van der Waals surface area contributed by atoms with Crippen LogP contribution in [0.1, 0.15) is 17.4 Å². The van der Waals surface area contributed by atoms with Crippen molar-refractivity contribution in [2.24, 2.45) is 0 Å². The van der Waals surface area contributed by atoms with Gasteiger partial charge in [0.1, 0.15) is 10.7 Å². The first kappa shape index (κ1) is 21.6. The second kappa shape index (κ2) is 9.12. The summed E-state index contributed by atoms with van der Waals surface area (Å²) in [6, 6.07) is 11.7. The summed E-state index contributed by atoms with van der Waals surface area (Å²) in [6.45, 7) is 1.38. The van der Waals surface area contributed by atoms with Gasteiger partial charge in [0.2, 0.25) is 15.9 Å². The summed E-state index contributed by atoms with van der Waals surface area (Å²) in [5.74, 6) is -1.47. The smallest absolute Gasteiger partial charge is 0.244 e. The first-order valence-electron chi connectivity index (χ1n) is 8.51. The highest BCUT2D eigenvalue weighted by Gasteiger charge is 2.25. The van der Waals surface area contributed by atoms with Crippen LogP contribution in [0.5, 0.6) is 0 Å². The first-order chi connectivity index (χ1) is 13.7. The molecule has 3 rings (SSSR count). The van der Waals surface area contributed by atoms with E-state index in [9.17, 15) is 17.6 Å². The Morgan fingerprint density at radius 1 is 1.21 bits per heavy atom. The topological polar surface area (TPSA) is 88.2 Å². The van der Waals surface area contributed by atoms with Crippen molar-refractivity contribution >= 4 is 48.3 Å². The van der Waals surface area contributed by atoms with Crippen molar-refractivity contribution in [3.05, 3.63) is 75.5 Å². The lowest BCUT2D eigenvalue weighted by Gasteiger charge is -2.13. The second-order valence-electron chi connectivity index (χ2n) is 6.20. The standard InChI is InChI=1S/C19H17BrFN3O3S2/c1-12(24-29(26,27)17-5-3-2-4-16(17)21)18(25)23-19-22-11-15(28-19)10-13-6-8-14(20)9-7-13/h2-9,11-12,24H,10H2,1H3,(H,22,23,25)/t12-/m0/s1. The molecule has 1 aromatic heterocycles. The van der Waals surface area contributed by atoms with Gasteiger partial charge in [0.05, 0.1) is 6.04 Å². The average Bonchev–Trinajstić information content (AvgIpc) is 3.10. The summed E-state index contributed by atoms with van der Waals surface area (Å²) in [5.41, 5.74) is 1.10. The number of aromatic nitrogens is 1. The molecule has 0 bridgehead atoms. The molecule has 1 amide bonds. The van der Waals surface area contributed by atoms with Crippen molar-refractivity contribution in [3.8, 4) is 0 Å². The molecule has 1 heterocycles. The van der Waals surface area contributed by atoms with Gasteiger partial charge in [-0.15, -0.1) is 11.3 Å². The van der Waals surface area contributed by atoms with Crippen LogP contribution in [0.3, 0.4) is 0 Å². The van der Waals surface area contributed by atoms with Crippen molar-refractivity contribution in [3.63, 3.8) is 0 Å². The van der Waals surface area contributed by atoms with Crippen LogP contribution in [-0.2, 0) is 21.2 Å². The number of hydrogen-bond acceptors (Lipinski definition) is 5. The van der Waals surface area contributed by atoms with E-state index in [1.54, 1.807) is 6.20 Å². The fourth-order valence-electron chi connectivity index (χ4n) is 2.48. The van der Waals surface area contributed by atoms with Crippen LogP contribution in [0.2, 0.25) is 0 Å². The quantitative estimate of drug-likeness (QED) is 0.517. The summed E-state index contributed by atoms with van der Waals surface area (Å²) >= 11 is 4.69. The molecule has 0 spiro atoms. The zero-order chi connectivity index (χ0) is 21.0. The number of carbonyl (C=O) groups is 1. The Kier molecular flexibility index (Phi) is 6.78. The number of benzene rings is 2. The minimum atomic E-state index is -4.17. The lowest BCUT2D eigenvalue weighted by molar-refractivity contribution is -0.117. The Labute approximate surface area is 180 Å². The minimum absolute atomic E-state index is 0.360. The van der Waals surface area contributed by atoms with E-state index in [1.165, 1.54) is 30.4 Å². The van der Waals surface area contributed by atoms with Crippen molar-refractivity contribution in [2.75, 3.05) is 5.32 Å². The van der Waals surface area contributed by atoms with E-state index in [1.807, 2.05) is 24.3 Å². The highest BCUT2D eigenvalue weighted by molar-refractivity contribution is 9.10. The highest BCUT2D eigenvalue weighted by Crippen LogP contribution is 2.22. The van der Waals surface area contributed by atoms with Crippen LogP contribution in [0.4, 0.5) is 9.52 Å². The van der Waals surface area contributed by atoms with Gasteiger partial charge in [0, 0.05) is 22.0 Å². The molecule has 0 saturated heterocycles. The molecule has 152 valence electrons. The van der Waals surface area contributed by atoms with Gasteiger partial charge in [-0.3, -0.25) is 4.79 Å². The lowest BCUT2D eigenvalue weighted by Crippen LogP contribution is -2.41. The maximum atomic E-state index is 13.8. The third-order valence-corrected chi connectivity index (χ3v) is 6.94. The van der Waals surface area contributed by atoms with Gasteiger partial charge in [-0.2, -0.15) is 4.72 Å². The molecule has 1 atom stereocenters. The second-order valence-corrected chi connectivity index (χ2v) is 9.91. The number of sulfonamides is 1. The summed E-state index contributed by atoms with van der Waals surface area (Å²) in [7, 11) is -4.17. The predicted octanol–water partition coefficient (Wildman–Crippen LogP) is 3.94. The molecular formula is C19H17BrFN3O3S2. The maximum absolute atomic E-state index is 13.8. The van der Waals surface area contributed by atoms with E-state index < -0.39 is 32.7 Å². The number of carbonyl (C=O) groups excluding carboxylic acids is 1. The molecule has 3 aromatic rings. The van der Waals surface area contributed by atoms with Gasteiger partial charge in [-0.1, -0.05) is 40.2 Å². The van der Waals surface area contributed by atoms with E-state index in [0.717, 1.165) is 27.0 Å². The molecule has 10 heteroatoms. The Hall–Kier alpha value is -2.14. The lowest BCUT2D eigenvalue weighted by atomic mass is 10.1. The molecule has 0 fully saturated rings. The van der Waals surface area contributed by atoms with Crippen molar-refractivity contribution in [1.29, 1.82) is 0 Å². The summed E-state index contributed by atoms with van der Waals surface area (Å²) in [5, 5.41) is 2.95. The number of nitrogens with zero attached hydrogens (tertiary/aromatic N) is 1. The molecule has 2 aromatic carbocycles. The van der Waals surface area contributed by atoms with Crippen molar-refractivity contribution < 1.29 is 17.6 Å². The summed E-state index contributed by atoms with van der Waals surface area (Å²) in [4.78, 5) is 16.9. The minimum Gasteiger partial charge on any atom is -0.301 e. The Morgan fingerprint density at radius 3 is 2.59 bits per heavy atom. The molecule has 29 heavy (non-hydrogen) atoms. The van der Waals surface area contributed by atoms with E-state index in [2.05, 4.69) is 31.0 Å². The largest absolute Gasteiger partial charge is 0.301 e. The molecular weight excluding hydrogens is 481 g/mol. The maximum Gasteiger partial charge on any atom is 0.244 e.